The molecule has 32 heavy (non-hydrogen) atoms. The predicted molar refractivity (Wildman–Crippen MR) is 112 cm³/mol. The SMILES string of the molecule is CC(C)C(C)NC(=O)COC(=O)c1nc(-c2cccs2)n(-c2cccc(C(F)(F)F)c2)n1. The van der Waals surface area contributed by atoms with Crippen LogP contribution in [0.5, 0.6) is 0 Å². The highest BCUT2D eigenvalue weighted by Gasteiger charge is 2.31. The van der Waals surface area contributed by atoms with Gasteiger partial charge in [0.1, 0.15) is 0 Å². The van der Waals surface area contributed by atoms with E-state index in [9.17, 15) is 22.8 Å². The number of carbonyl (C=O) groups excluding carboxylic acids is 2. The summed E-state index contributed by atoms with van der Waals surface area (Å²) in [4.78, 5) is 29.2. The standard InChI is InChI=1S/C21H21F3N4O3S/c1-12(2)13(3)25-17(29)11-31-20(30)18-26-19(16-8-5-9-32-16)28(27-18)15-7-4-6-14(10-15)21(22,23)24/h4-10,12-13H,11H2,1-3H3,(H,25,29). The molecule has 0 aliphatic carbocycles. The van der Waals surface area contributed by atoms with E-state index >= 15 is 0 Å². The first-order valence-electron chi connectivity index (χ1n) is 9.71. The number of thiophene rings is 1. The van der Waals surface area contributed by atoms with Crippen molar-refractivity contribution in [2.45, 2.75) is 33.0 Å². The number of carbonyl (C=O) groups is 2. The van der Waals surface area contributed by atoms with E-state index in [1.807, 2.05) is 20.8 Å². The van der Waals surface area contributed by atoms with Crippen LogP contribution in [0.1, 0.15) is 37.0 Å². The van der Waals surface area contributed by atoms with Gasteiger partial charge in [0.15, 0.2) is 12.4 Å². The summed E-state index contributed by atoms with van der Waals surface area (Å²) in [5, 5.41) is 8.53. The van der Waals surface area contributed by atoms with E-state index in [2.05, 4.69) is 15.4 Å². The van der Waals surface area contributed by atoms with Crippen LogP contribution < -0.4 is 5.32 Å². The molecule has 3 rings (SSSR count). The van der Waals surface area contributed by atoms with Crippen LogP contribution in [0.25, 0.3) is 16.4 Å². The zero-order valence-electron chi connectivity index (χ0n) is 17.5. The van der Waals surface area contributed by atoms with Crippen LogP contribution >= 0.6 is 11.3 Å². The van der Waals surface area contributed by atoms with Gasteiger partial charge in [-0.15, -0.1) is 16.4 Å². The van der Waals surface area contributed by atoms with E-state index in [1.165, 1.54) is 23.5 Å². The number of ether oxygens (including phenoxy) is 1. The average molecular weight is 466 g/mol. The summed E-state index contributed by atoms with van der Waals surface area (Å²) < 4.78 is 45.6. The molecule has 2 aromatic heterocycles. The lowest BCUT2D eigenvalue weighted by Gasteiger charge is -2.16. The van der Waals surface area contributed by atoms with E-state index in [4.69, 9.17) is 4.74 Å². The van der Waals surface area contributed by atoms with Gasteiger partial charge < -0.3 is 10.1 Å². The smallest absolute Gasteiger partial charge is 0.416 e. The molecule has 1 N–H and O–H groups in total. The molecule has 1 aromatic carbocycles. The molecular weight excluding hydrogens is 445 g/mol. The second-order valence-corrected chi connectivity index (χ2v) is 8.32. The van der Waals surface area contributed by atoms with Gasteiger partial charge in [-0.3, -0.25) is 4.79 Å². The highest BCUT2D eigenvalue weighted by Crippen LogP contribution is 2.32. The molecule has 0 bridgehead atoms. The van der Waals surface area contributed by atoms with E-state index in [0.717, 1.165) is 16.8 Å². The number of esters is 1. The summed E-state index contributed by atoms with van der Waals surface area (Å²) in [6.45, 7) is 5.18. The minimum Gasteiger partial charge on any atom is -0.450 e. The number of rotatable bonds is 7. The highest BCUT2D eigenvalue weighted by atomic mass is 32.1. The highest BCUT2D eigenvalue weighted by molar-refractivity contribution is 7.13. The van der Waals surface area contributed by atoms with Crippen LogP contribution in [0, 0.1) is 5.92 Å². The zero-order chi connectivity index (χ0) is 23.5. The molecule has 0 aliphatic heterocycles. The quantitative estimate of drug-likeness (QED) is 0.524. The van der Waals surface area contributed by atoms with Crippen molar-refractivity contribution in [1.82, 2.24) is 20.1 Å². The van der Waals surface area contributed by atoms with E-state index in [0.29, 0.717) is 4.88 Å². The number of halogens is 3. The van der Waals surface area contributed by atoms with Crippen molar-refractivity contribution in [1.29, 1.82) is 0 Å². The Hall–Kier alpha value is -3.21. The summed E-state index contributed by atoms with van der Waals surface area (Å²) in [6.07, 6.45) is -4.54. The Bertz CT molecular complexity index is 1090. The first kappa shape index (κ1) is 23.5. The van der Waals surface area contributed by atoms with E-state index in [1.54, 1.807) is 17.5 Å². The molecule has 0 saturated heterocycles. The van der Waals surface area contributed by atoms with Crippen molar-refractivity contribution < 1.29 is 27.5 Å². The maximum Gasteiger partial charge on any atom is 0.416 e. The molecule has 7 nitrogen and oxygen atoms in total. The normalized spacial score (nSPS) is 12.6. The van der Waals surface area contributed by atoms with Crippen molar-refractivity contribution in [2.75, 3.05) is 6.61 Å². The molecule has 170 valence electrons. The molecule has 0 radical (unpaired) electrons. The fourth-order valence-electron chi connectivity index (χ4n) is 2.62. The van der Waals surface area contributed by atoms with Gasteiger partial charge in [0.05, 0.1) is 16.1 Å². The second kappa shape index (κ2) is 9.51. The van der Waals surface area contributed by atoms with Gasteiger partial charge >= 0.3 is 12.1 Å². The van der Waals surface area contributed by atoms with E-state index < -0.39 is 30.2 Å². The van der Waals surface area contributed by atoms with Crippen molar-refractivity contribution in [3.8, 4) is 16.4 Å². The van der Waals surface area contributed by atoms with Crippen molar-refractivity contribution in [3.05, 3.63) is 53.2 Å². The van der Waals surface area contributed by atoms with Crippen LogP contribution in [0.4, 0.5) is 13.2 Å². The molecule has 1 amide bonds. The molecule has 1 atom stereocenters. The van der Waals surface area contributed by atoms with Gasteiger partial charge in [-0.2, -0.15) is 18.2 Å². The minimum absolute atomic E-state index is 0.0817. The number of aromatic nitrogens is 3. The molecule has 0 saturated carbocycles. The fourth-order valence-corrected chi connectivity index (χ4v) is 3.31. The van der Waals surface area contributed by atoms with Gasteiger partial charge in [-0.25, -0.2) is 9.48 Å². The number of hydrogen-bond acceptors (Lipinski definition) is 6. The first-order chi connectivity index (χ1) is 15.1. The Morgan fingerprint density at radius 2 is 1.94 bits per heavy atom. The monoisotopic (exact) mass is 466 g/mol. The molecule has 0 fully saturated rings. The van der Waals surface area contributed by atoms with Crippen LogP contribution in [-0.2, 0) is 15.7 Å². The van der Waals surface area contributed by atoms with E-state index in [-0.39, 0.29) is 29.3 Å². The van der Waals surface area contributed by atoms with Gasteiger partial charge in [0.25, 0.3) is 11.7 Å². The molecule has 0 aliphatic rings. The summed E-state index contributed by atoms with van der Waals surface area (Å²) in [5.41, 5.74) is -0.777. The van der Waals surface area contributed by atoms with Crippen LogP contribution in [0.3, 0.4) is 0 Å². The molecule has 0 spiro atoms. The molecule has 1 unspecified atom stereocenters. The van der Waals surface area contributed by atoms with Crippen molar-refractivity contribution in [3.63, 3.8) is 0 Å². The van der Waals surface area contributed by atoms with Gasteiger partial charge in [-0.05, 0) is 42.5 Å². The third kappa shape index (κ3) is 5.52. The van der Waals surface area contributed by atoms with Gasteiger partial charge in [-0.1, -0.05) is 26.0 Å². The Morgan fingerprint density at radius 3 is 2.56 bits per heavy atom. The van der Waals surface area contributed by atoms with Crippen molar-refractivity contribution >= 4 is 23.2 Å². The van der Waals surface area contributed by atoms with Crippen LogP contribution in [0.2, 0.25) is 0 Å². The Labute approximate surface area is 186 Å². The fraction of sp³-hybridized carbons (Fsp3) is 0.333. The van der Waals surface area contributed by atoms with Gasteiger partial charge in [0.2, 0.25) is 0 Å². The lowest BCUT2D eigenvalue weighted by atomic mass is 10.1. The lowest BCUT2D eigenvalue weighted by Crippen LogP contribution is -2.38. The Morgan fingerprint density at radius 1 is 1.19 bits per heavy atom. The first-order valence-corrected chi connectivity index (χ1v) is 10.6. The summed E-state index contributed by atoms with van der Waals surface area (Å²) >= 11 is 1.29. The zero-order valence-corrected chi connectivity index (χ0v) is 18.3. The van der Waals surface area contributed by atoms with Crippen LogP contribution in [-0.4, -0.2) is 39.3 Å². The number of amides is 1. The lowest BCUT2D eigenvalue weighted by molar-refractivity contribution is -0.137. The van der Waals surface area contributed by atoms with Gasteiger partial charge in [0, 0.05) is 6.04 Å². The molecule has 11 heteroatoms. The third-order valence-electron chi connectivity index (χ3n) is 4.67. The Balaban J connectivity index is 1.86. The molecule has 2 heterocycles. The summed E-state index contributed by atoms with van der Waals surface area (Å²) in [5.74, 6) is -1.41. The maximum absolute atomic E-state index is 13.2. The Kier molecular flexibility index (Phi) is 6.97. The molecule has 3 aromatic rings. The van der Waals surface area contributed by atoms with Crippen LogP contribution in [0.15, 0.2) is 41.8 Å². The number of benzene rings is 1. The number of nitrogens with zero attached hydrogens (tertiary/aromatic N) is 3. The summed E-state index contributed by atoms with van der Waals surface area (Å²) in [6, 6.07) is 7.87. The number of nitrogens with one attached hydrogen (secondary N) is 1. The maximum atomic E-state index is 13.2. The number of alkyl halides is 3. The van der Waals surface area contributed by atoms with Crippen molar-refractivity contribution in [2.24, 2.45) is 5.92 Å². The average Bonchev–Trinajstić information content (AvgIpc) is 3.41. The largest absolute Gasteiger partial charge is 0.450 e. The minimum atomic E-state index is -4.54. The third-order valence-corrected chi connectivity index (χ3v) is 5.54. The summed E-state index contributed by atoms with van der Waals surface area (Å²) in [7, 11) is 0. The second-order valence-electron chi connectivity index (χ2n) is 7.37. The molecular formula is C21H21F3N4O3S. The predicted octanol–water partition coefficient (Wildman–Crippen LogP) is 4.33. The topological polar surface area (TPSA) is 86.1 Å². The number of hydrogen-bond donors (Lipinski definition) is 1.